The van der Waals surface area contributed by atoms with Gasteiger partial charge >= 0.3 is 6.03 Å². The van der Waals surface area contributed by atoms with E-state index in [0.29, 0.717) is 5.82 Å². The number of nitrogens with one attached hydrogen (secondary N) is 2. The summed E-state index contributed by atoms with van der Waals surface area (Å²) in [5.74, 6) is 1.35. The van der Waals surface area contributed by atoms with E-state index in [4.69, 9.17) is 0 Å². The highest BCUT2D eigenvalue weighted by Gasteiger charge is 2.20. The number of carbonyl (C=O) groups is 1. The second-order valence-corrected chi connectivity index (χ2v) is 4.73. The molecule has 1 saturated heterocycles. The van der Waals surface area contributed by atoms with Crippen LogP contribution in [-0.4, -0.2) is 34.2 Å². The third-order valence-corrected chi connectivity index (χ3v) is 3.32. The van der Waals surface area contributed by atoms with Gasteiger partial charge in [-0.05, 0) is 25.2 Å². The lowest BCUT2D eigenvalue weighted by Gasteiger charge is -2.29. The molecular formula is C12H20N4O. The highest BCUT2D eigenvalue weighted by Crippen LogP contribution is 2.17. The van der Waals surface area contributed by atoms with Crippen LogP contribution in [0, 0.1) is 5.92 Å². The highest BCUT2D eigenvalue weighted by atomic mass is 16.2. The molecule has 5 heteroatoms. The summed E-state index contributed by atoms with van der Waals surface area (Å²) in [6.45, 7) is 5.97. The Labute approximate surface area is 102 Å². The van der Waals surface area contributed by atoms with E-state index in [1.807, 2.05) is 17.9 Å². The smallest absolute Gasteiger partial charge is 0.323 e. The molecule has 1 aliphatic rings. The minimum absolute atomic E-state index is 0.0361. The number of likely N-dealkylation sites (tertiary alicyclic amines) is 1. The molecule has 1 fully saturated rings. The average Bonchev–Trinajstić information content (AvgIpc) is 2.77. The summed E-state index contributed by atoms with van der Waals surface area (Å²) in [5, 5.41) is 9.77. The van der Waals surface area contributed by atoms with Gasteiger partial charge in [0.2, 0.25) is 0 Å². The molecule has 0 aliphatic carbocycles. The van der Waals surface area contributed by atoms with Crippen LogP contribution in [0.4, 0.5) is 10.6 Å². The van der Waals surface area contributed by atoms with Crippen molar-refractivity contribution in [2.75, 3.05) is 18.4 Å². The van der Waals surface area contributed by atoms with Crippen molar-refractivity contribution in [3.05, 3.63) is 11.8 Å². The van der Waals surface area contributed by atoms with Crippen LogP contribution in [0.25, 0.3) is 0 Å². The number of hydrogen-bond donors (Lipinski definition) is 2. The lowest BCUT2D eigenvalue weighted by atomic mass is 10.00. The van der Waals surface area contributed by atoms with Crippen molar-refractivity contribution in [2.24, 2.45) is 5.92 Å². The van der Waals surface area contributed by atoms with Gasteiger partial charge in [-0.1, -0.05) is 13.8 Å². The van der Waals surface area contributed by atoms with Gasteiger partial charge in [0.15, 0.2) is 5.82 Å². The summed E-state index contributed by atoms with van der Waals surface area (Å²) >= 11 is 0. The van der Waals surface area contributed by atoms with E-state index >= 15 is 0 Å². The Morgan fingerprint density at radius 1 is 1.59 bits per heavy atom. The van der Waals surface area contributed by atoms with Crippen LogP contribution in [0.3, 0.4) is 0 Å². The number of H-pyrrole nitrogens is 1. The first-order valence-electron chi connectivity index (χ1n) is 6.29. The number of hydrogen-bond acceptors (Lipinski definition) is 2. The summed E-state index contributed by atoms with van der Waals surface area (Å²) in [6.07, 6.45) is 3.08. The van der Waals surface area contributed by atoms with Gasteiger partial charge in [-0.2, -0.15) is 5.10 Å². The zero-order valence-corrected chi connectivity index (χ0v) is 10.5. The van der Waals surface area contributed by atoms with E-state index in [9.17, 15) is 4.79 Å². The fourth-order valence-corrected chi connectivity index (χ4v) is 2.01. The molecule has 1 aliphatic heterocycles. The number of aryl methyl sites for hydroxylation is 1. The molecular weight excluding hydrogens is 216 g/mol. The fourth-order valence-electron chi connectivity index (χ4n) is 2.01. The molecule has 94 valence electrons. The normalized spacial score (nSPS) is 17.2. The van der Waals surface area contributed by atoms with Crippen LogP contribution in [0.2, 0.25) is 0 Å². The Hall–Kier alpha value is -1.52. The number of aromatic nitrogens is 2. The molecule has 0 aromatic carbocycles. The molecule has 2 amide bonds. The van der Waals surface area contributed by atoms with E-state index in [-0.39, 0.29) is 6.03 Å². The van der Waals surface area contributed by atoms with E-state index < -0.39 is 0 Å². The van der Waals surface area contributed by atoms with Crippen LogP contribution < -0.4 is 5.32 Å². The predicted octanol–water partition coefficient (Wildman–Crippen LogP) is 2.24. The molecule has 0 bridgehead atoms. The molecule has 0 unspecified atom stereocenters. The number of piperidine rings is 1. The SMILES string of the molecule is CCc1cc(NC(=O)N2CCC(C)CC2)n[nH]1. The minimum atomic E-state index is -0.0361. The van der Waals surface area contributed by atoms with E-state index in [2.05, 4.69) is 22.4 Å². The van der Waals surface area contributed by atoms with Crippen molar-refractivity contribution >= 4 is 11.8 Å². The molecule has 0 saturated carbocycles. The van der Waals surface area contributed by atoms with E-state index in [1.54, 1.807) is 0 Å². The predicted molar refractivity (Wildman–Crippen MR) is 67.0 cm³/mol. The van der Waals surface area contributed by atoms with Crippen LogP contribution in [0.15, 0.2) is 6.07 Å². The maximum absolute atomic E-state index is 11.9. The number of nitrogens with zero attached hydrogens (tertiary/aromatic N) is 2. The summed E-state index contributed by atoms with van der Waals surface area (Å²) in [4.78, 5) is 13.8. The average molecular weight is 236 g/mol. The summed E-state index contributed by atoms with van der Waals surface area (Å²) in [6, 6.07) is 1.84. The van der Waals surface area contributed by atoms with Crippen LogP contribution in [0.1, 0.15) is 32.4 Å². The molecule has 2 N–H and O–H groups in total. The van der Waals surface area contributed by atoms with Crippen LogP contribution >= 0.6 is 0 Å². The minimum Gasteiger partial charge on any atom is -0.324 e. The zero-order valence-electron chi connectivity index (χ0n) is 10.5. The van der Waals surface area contributed by atoms with Crippen molar-refractivity contribution < 1.29 is 4.79 Å². The highest BCUT2D eigenvalue weighted by molar-refractivity contribution is 5.88. The summed E-state index contributed by atoms with van der Waals surface area (Å²) in [7, 11) is 0. The second kappa shape index (κ2) is 5.21. The van der Waals surface area contributed by atoms with Gasteiger partial charge in [-0.25, -0.2) is 4.79 Å². The Balaban J connectivity index is 1.88. The molecule has 2 heterocycles. The quantitative estimate of drug-likeness (QED) is 0.827. The first-order chi connectivity index (χ1) is 8.19. The second-order valence-electron chi connectivity index (χ2n) is 4.73. The number of rotatable bonds is 2. The summed E-state index contributed by atoms with van der Waals surface area (Å²) < 4.78 is 0. The molecule has 0 radical (unpaired) electrons. The molecule has 17 heavy (non-hydrogen) atoms. The van der Waals surface area contributed by atoms with Gasteiger partial charge in [0, 0.05) is 24.8 Å². The Morgan fingerprint density at radius 3 is 2.88 bits per heavy atom. The Morgan fingerprint density at radius 2 is 2.29 bits per heavy atom. The van der Waals surface area contributed by atoms with Crippen LogP contribution in [0.5, 0.6) is 0 Å². The van der Waals surface area contributed by atoms with Gasteiger partial charge in [0.05, 0.1) is 0 Å². The fraction of sp³-hybridized carbons (Fsp3) is 0.667. The first kappa shape index (κ1) is 12.0. The number of urea groups is 1. The van der Waals surface area contributed by atoms with Crippen molar-refractivity contribution in [2.45, 2.75) is 33.1 Å². The number of amides is 2. The zero-order chi connectivity index (χ0) is 12.3. The number of aromatic amines is 1. The standard InChI is InChI=1S/C12H20N4O/c1-3-10-8-11(15-14-10)13-12(17)16-6-4-9(2)5-7-16/h8-9H,3-7H2,1-2H3,(H2,13,14,15,17). The van der Waals surface area contributed by atoms with Crippen molar-refractivity contribution in [1.82, 2.24) is 15.1 Å². The van der Waals surface area contributed by atoms with Crippen molar-refractivity contribution in [3.63, 3.8) is 0 Å². The van der Waals surface area contributed by atoms with Gasteiger partial charge in [-0.15, -0.1) is 0 Å². The topological polar surface area (TPSA) is 61.0 Å². The summed E-state index contributed by atoms with van der Waals surface area (Å²) in [5.41, 5.74) is 1.03. The maximum atomic E-state index is 11.9. The lowest BCUT2D eigenvalue weighted by molar-refractivity contribution is 0.186. The van der Waals surface area contributed by atoms with Gasteiger partial charge in [0.25, 0.3) is 0 Å². The van der Waals surface area contributed by atoms with Gasteiger partial charge in [-0.3, -0.25) is 10.4 Å². The van der Waals surface area contributed by atoms with E-state index in [1.165, 1.54) is 0 Å². The molecule has 5 nitrogen and oxygen atoms in total. The molecule has 1 aromatic heterocycles. The number of carbonyl (C=O) groups excluding carboxylic acids is 1. The number of anilines is 1. The molecule has 2 rings (SSSR count). The third-order valence-electron chi connectivity index (χ3n) is 3.32. The Kier molecular flexibility index (Phi) is 3.66. The maximum Gasteiger partial charge on any atom is 0.323 e. The Bertz CT molecular complexity index is 380. The lowest BCUT2D eigenvalue weighted by Crippen LogP contribution is -2.40. The monoisotopic (exact) mass is 236 g/mol. The molecule has 0 atom stereocenters. The molecule has 1 aromatic rings. The van der Waals surface area contributed by atoms with Crippen molar-refractivity contribution in [3.8, 4) is 0 Å². The molecule has 0 spiro atoms. The van der Waals surface area contributed by atoms with Gasteiger partial charge < -0.3 is 4.90 Å². The van der Waals surface area contributed by atoms with Crippen molar-refractivity contribution in [1.29, 1.82) is 0 Å². The third kappa shape index (κ3) is 2.99. The first-order valence-corrected chi connectivity index (χ1v) is 6.29. The van der Waals surface area contributed by atoms with Crippen LogP contribution in [-0.2, 0) is 6.42 Å². The largest absolute Gasteiger partial charge is 0.324 e. The van der Waals surface area contributed by atoms with Gasteiger partial charge in [0.1, 0.15) is 0 Å². The van der Waals surface area contributed by atoms with E-state index in [0.717, 1.165) is 44.0 Å².